The van der Waals surface area contributed by atoms with E-state index in [0.29, 0.717) is 0 Å². The van der Waals surface area contributed by atoms with Gasteiger partial charge in [0.05, 0.1) is 7.11 Å². The second-order valence-corrected chi connectivity index (χ2v) is 3.27. The van der Waals surface area contributed by atoms with Crippen LogP contribution in [0.5, 0.6) is 5.75 Å². The molecule has 0 saturated heterocycles. The van der Waals surface area contributed by atoms with Crippen LogP contribution in [0.3, 0.4) is 0 Å². The van der Waals surface area contributed by atoms with Gasteiger partial charge in [-0.1, -0.05) is 10.7 Å². The monoisotopic (exact) mass is 340 g/mol. The lowest BCUT2D eigenvalue weighted by atomic mass is 10.2. The Balaban J connectivity index is 0.00000144. The number of pyridine rings is 1. The Hall–Kier alpha value is -1.43. The molecule has 0 bridgehead atoms. The summed E-state index contributed by atoms with van der Waals surface area (Å²) in [7, 11) is 1.66. The van der Waals surface area contributed by atoms with E-state index < -0.39 is 0 Å². The van der Waals surface area contributed by atoms with Crippen molar-refractivity contribution in [2.24, 2.45) is 5.10 Å². The number of ether oxygens (including phenoxy) is 1. The van der Waals surface area contributed by atoms with Gasteiger partial charge in [-0.2, -0.15) is 0 Å². The molecule has 0 unspecified atom stereocenters. The zero-order valence-electron chi connectivity index (χ0n) is 9.45. The molecule has 88 valence electrons. The van der Waals surface area contributed by atoms with Gasteiger partial charge in [-0.15, -0.1) is 0 Å². The summed E-state index contributed by atoms with van der Waals surface area (Å²) in [5.74, 6) is 0.851. The van der Waals surface area contributed by atoms with Crippen LogP contribution in [-0.2, 0) is 0 Å². The molecule has 4 heteroatoms. The minimum absolute atomic E-state index is 0. The molecular weight excluding hydrogens is 327 g/mol. The van der Waals surface area contributed by atoms with Crippen molar-refractivity contribution in [3.05, 3.63) is 60.4 Å². The molecule has 2 rings (SSSR count). The predicted molar refractivity (Wildman–Crippen MR) is 62.6 cm³/mol. The normalized spacial score (nSPS) is 9.94. The summed E-state index contributed by atoms with van der Waals surface area (Å²) in [4.78, 5) is 0. The number of nitrogens with zero attached hydrogens (tertiary/aromatic N) is 2. The molecule has 3 nitrogen and oxygen atoms in total. The van der Waals surface area contributed by atoms with E-state index in [4.69, 9.17) is 4.74 Å². The Morgan fingerprint density at radius 1 is 1.06 bits per heavy atom. The number of hydrogen-bond acceptors (Lipinski definition) is 2. The first-order valence-corrected chi connectivity index (χ1v) is 5.03. The van der Waals surface area contributed by atoms with Crippen LogP contribution in [-0.4, -0.2) is 13.3 Å². The maximum absolute atomic E-state index is 5.08. The molecule has 0 saturated carbocycles. The first-order chi connectivity index (χ1) is 7.88. The molecule has 2 aromatic rings. The maximum Gasteiger partial charge on any atom is 0.202 e. The Bertz CT molecular complexity index is 469. The summed E-state index contributed by atoms with van der Waals surface area (Å²) >= 11 is 0. The van der Waals surface area contributed by atoms with Crippen LogP contribution >= 0.6 is 0 Å². The SMILES string of the molecule is COc1ccc(/C=N/[n+]2ccccc2)cc1.[I-]. The van der Waals surface area contributed by atoms with Crippen molar-refractivity contribution in [1.82, 2.24) is 0 Å². The van der Waals surface area contributed by atoms with Gasteiger partial charge in [0.2, 0.25) is 12.4 Å². The molecule has 1 heterocycles. The van der Waals surface area contributed by atoms with E-state index in [0.717, 1.165) is 11.3 Å². The minimum atomic E-state index is 0. The van der Waals surface area contributed by atoms with Crippen molar-refractivity contribution < 1.29 is 33.4 Å². The smallest absolute Gasteiger partial charge is 0.202 e. The van der Waals surface area contributed by atoms with Crippen LogP contribution in [0.1, 0.15) is 5.56 Å². The van der Waals surface area contributed by atoms with Gasteiger partial charge in [-0.3, -0.25) is 0 Å². The fraction of sp³-hybridized carbons (Fsp3) is 0.0769. The van der Waals surface area contributed by atoms with Gasteiger partial charge in [0, 0.05) is 12.1 Å². The van der Waals surface area contributed by atoms with Gasteiger partial charge in [0.15, 0.2) is 0 Å². The van der Waals surface area contributed by atoms with Gasteiger partial charge in [0.1, 0.15) is 12.0 Å². The van der Waals surface area contributed by atoms with Gasteiger partial charge < -0.3 is 28.7 Å². The molecule has 0 aliphatic carbocycles. The third-order valence-corrected chi connectivity index (χ3v) is 2.16. The average molecular weight is 340 g/mol. The zero-order chi connectivity index (χ0) is 11.2. The molecule has 1 aromatic heterocycles. The van der Waals surface area contributed by atoms with Gasteiger partial charge >= 0.3 is 0 Å². The van der Waals surface area contributed by atoms with Crippen molar-refractivity contribution in [1.29, 1.82) is 0 Å². The first-order valence-electron chi connectivity index (χ1n) is 5.03. The van der Waals surface area contributed by atoms with E-state index in [2.05, 4.69) is 5.10 Å². The van der Waals surface area contributed by atoms with Crippen molar-refractivity contribution in [2.75, 3.05) is 7.11 Å². The van der Waals surface area contributed by atoms with E-state index in [-0.39, 0.29) is 24.0 Å². The predicted octanol–water partition coefficient (Wildman–Crippen LogP) is -1.13. The third kappa shape index (κ3) is 4.14. The van der Waals surface area contributed by atoms with E-state index in [1.807, 2.05) is 54.9 Å². The fourth-order valence-corrected chi connectivity index (χ4v) is 1.29. The van der Waals surface area contributed by atoms with E-state index in [1.54, 1.807) is 18.0 Å². The number of aromatic nitrogens is 1. The number of rotatable bonds is 3. The van der Waals surface area contributed by atoms with Crippen LogP contribution < -0.4 is 33.4 Å². The van der Waals surface area contributed by atoms with E-state index in [1.165, 1.54) is 0 Å². The second-order valence-electron chi connectivity index (χ2n) is 3.27. The number of hydrogen-bond donors (Lipinski definition) is 0. The Kier molecular flexibility index (Phi) is 5.62. The van der Waals surface area contributed by atoms with Crippen LogP contribution in [0.15, 0.2) is 60.0 Å². The van der Waals surface area contributed by atoms with Crippen LogP contribution in [0.25, 0.3) is 0 Å². The van der Waals surface area contributed by atoms with Crippen molar-refractivity contribution in [2.45, 2.75) is 0 Å². The lowest BCUT2D eigenvalue weighted by Crippen LogP contribution is -3.00. The molecule has 1 aromatic carbocycles. The lowest BCUT2D eigenvalue weighted by Gasteiger charge is -1.97. The maximum atomic E-state index is 5.08. The van der Waals surface area contributed by atoms with Crippen LogP contribution in [0.2, 0.25) is 0 Å². The van der Waals surface area contributed by atoms with Crippen LogP contribution in [0.4, 0.5) is 0 Å². The summed E-state index contributed by atoms with van der Waals surface area (Å²) < 4.78 is 6.84. The highest BCUT2D eigenvalue weighted by atomic mass is 127. The third-order valence-electron chi connectivity index (χ3n) is 2.16. The Morgan fingerprint density at radius 2 is 1.71 bits per heavy atom. The quantitative estimate of drug-likeness (QED) is 0.394. The fourth-order valence-electron chi connectivity index (χ4n) is 1.29. The molecule has 0 spiro atoms. The number of benzene rings is 1. The Morgan fingerprint density at radius 3 is 2.29 bits per heavy atom. The van der Waals surface area contributed by atoms with Gasteiger partial charge in [-0.25, -0.2) is 0 Å². The molecule has 0 atom stereocenters. The minimum Gasteiger partial charge on any atom is -1.00 e. The summed E-state index contributed by atoms with van der Waals surface area (Å²) in [6.45, 7) is 0. The Labute approximate surface area is 118 Å². The molecule has 17 heavy (non-hydrogen) atoms. The summed E-state index contributed by atoms with van der Waals surface area (Å²) in [5, 5.41) is 4.28. The highest BCUT2D eigenvalue weighted by Gasteiger charge is 1.94. The van der Waals surface area contributed by atoms with Crippen molar-refractivity contribution in [3.8, 4) is 5.75 Å². The molecule has 0 N–H and O–H groups in total. The first kappa shape index (κ1) is 13.6. The molecule has 0 amide bonds. The zero-order valence-corrected chi connectivity index (χ0v) is 11.6. The number of halogens is 1. The second kappa shape index (κ2) is 7.01. The molecule has 0 aliphatic rings. The summed E-state index contributed by atoms with van der Waals surface area (Å²) in [6.07, 6.45) is 5.58. The van der Waals surface area contributed by atoms with Crippen molar-refractivity contribution in [3.63, 3.8) is 0 Å². The molecule has 0 fully saturated rings. The molecule has 0 aliphatic heterocycles. The van der Waals surface area contributed by atoms with Gasteiger partial charge in [0.25, 0.3) is 0 Å². The highest BCUT2D eigenvalue weighted by Crippen LogP contribution is 2.09. The lowest BCUT2D eigenvalue weighted by molar-refractivity contribution is -0.678. The molecule has 0 radical (unpaired) electrons. The summed E-state index contributed by atoms with van der Waals surface area (Å²) in [5.41, 5.74) is 1.04. The van der Waals surface area contributed by atoms with Crippen LogP contribution in [0, 0.1) is 0 Å². The summed E-state index contributed by atoms with van der Waals surface area (Å²) in [6, 6.07) is 13.6. The standard InChI is InChI=1S/C13H13N2O.HI/c1-16-13-7-5-12(6-8-13)11-14-15-9-3-2-4-10-15;/h2-11H,1H3;1H/q+1;/p-1/b14-11+;. The van der Waals surface area contributed by atoms with Crippen molar-refractivity contribution >= 4 is 6.21 Å². The van der Waals surface area contributed by atoms with Gasteiger partial charge in [-0.05, 0) is 34.9 Å². The molecular formula is C13H13IN2O. The topological polar surface area (TPSA) is 25.5 Å². The number of methoxy groups -OCH3 is 1. The van der Waals surface area contributed by atoms with E-state index >= 15 is 0 Å². The average Bonchev–Trinajstić information content (AvgIpc) is 2.38. The highest BCUT2D eigenvalue weighted by molar-refractivity contribution is 5.79. The van der Waals surface area contributed by atoms with E-state index in [9.17, 15) is 0 Å². The largest absolute Gasteiger partial charge is 1.00 e.